The van der Waals surface area contributed by atoms with Gasteiger partial charge in [-0.25, -0.2) is 4.79 Å². The molecule has 15 heavy (non-hydrogen) atoms. The quantitative estimate of drug-likeness (QED) is 0.593. The van der Waals surface area contributed by atoms with Gasteiger partial charge >= 0.3 is 5.97 Å². The average molecular weight is 210 g/mol. The van der Waals surface area contributed by atoms with E-state index < -0.39 is 5.97 Å². The maximum Gasteiger partial charge on any atom is 0.360 e. The summed E-state index contributed by atoms with van der Waals surface area (Å²) in [6.45, 7) is 7.54. The van der Waals surface area contributed by atoms with E-state index in [1.54, 1.807) is 13.0 Å². The van der Waals surface area contributed by atoms with Crippen LogP contribution in [0.1, 0.15) is 24.3 Å². The maximum absolute atomic E-state index is 11.2. The number of ether oxygens (including phenoxy) is 1. The fraction of sp³-hybridized carbons (Fsp3) is 0.400. The van der Waals surface area contributed by atoms with Crippen LogP contribution < -0.4 is 5.32 Å². The Labute approximate surface area is 88.1 Å². The molecule has 1 atom stereocenters. The van der Waals surface area contributed by atoms with Gasteiger partial charge in [-0.2, -0.15) is 4.98 Å². The molecule has 1 aromatic heterocycles. The van der Waals surface area contributed by atoms with Crippen LogP contribution in [0.3, 0.4) is 0 Å². The summed E-state index contributed by atoms with van der Waals surface area (Å²) in [5, 5.41) is 2.91. The van der Waals surface area contributed by atoms with Crippen molar-refractivity contribution in [1.29, 1.82) is 0 Å². The lowest BCUT2D eigenvalue weighted by Crippen LogP contribution is -2.12. The van der Waals surface area contributed by atoms with Crippen molar-refractivity contribution in [2.24, 2.45) is 0 Å². The van der Waals surface area contributed by atoms with Gasteiger partial charge in [0.05, 0.1) is 6.61 Å². The molecule has 0 saturated heterocycles. The molecule has 0 aromatic carbocycles. The molecule has 0 aliphatic rings. The number of aromatic nitrogens is 1. The second-order valence-electron chi connectivity index (χ2n) is 2.93. The molecule has 1 heterocycles. The van der Waals surface area contributed by atoms with E-state index in [1.807, 2.05) is 6.92 Å². The third-order valence-electron chi connectivity index (χ3n) is 1.69. The number of nitrogens with one attached hydrogen (secondary N) is 1. The zero-order valence-corrected chi connectivity index (χ0v) is 8.82. The average Bonchev–Trinajstić information content (AvgIpc) is 2.66. The van der Waals surface area contributed by atoms with Crippen molar-refractivity contribution in [3.8, 4) is 0 Å². The third kappa shape index (κ3) is 3.12. The largest absolute Gasteiger partial charge is 0.461 e. The summed E-state index contributed by atoms with van der Waals surface area (Å²) >= 11 is 0. The molecule has 0 saturated carbocycles. The van der Waals surface area contributed by atoms with E-state index in [1.165, 1.54) is 6.26 Å². The minimum Gasteiger partial charge on any atom is -0.461 e. The van der Waals surface area contributed by atoms with E-state index in [2.05, 4.69) is 16.9 Å². The predicted octanol–water partition coefficient (Wildman–Crippen LogP) is 1.84. The Morgan fingerprint density at radius 1 is 1.87 bits per heavy atom. The summed E-state index contributed by atoms with van der Waals surface area (Å²) < 4.78 is 9.80. The molecule has 1 unspecified atom stereocenters. The Hall–Kier alpha value is -1.78. The highest BCUT2D eigenvalue weighted by Crippen LogP contribution is 2.09. The van der Waals surface area contributed by atoms with Crippen LogP contribution >= 0.6 is 0 Å². The molecule has 5 nitrogen and oxygen atoms in total. The van der Waals surface area contributed by atoms with Crippen molar-refractivity contribution >= 4 is 12.0 Å². The number of carbonyl (C=O) groups is 1. The highest BCUT2D eigenvalue weighted by Gasteiger charge is 2.13. The van der Waals surface area contributed by atoms with Crippen LogP contribution in [0.5, 0.6) is 0 Å². The predicted molar refractivity (Wildman–Crippen MR) is 55.7 cm³/mol. The summed E-state index contributed by atoms with van der Waals surface area (Å²) in [5.41, 5.74) is 0.163. The van der Waals surface area contributed by atoms with Crippen LogP contribution in [0.25, 0.3) is 0 Å². The van der Waals surface area contributed by atoms with Crippen LogP contribution in [0.4, 0.5) is 6.01 Å². The number of rotatable bonds is 5. The summed E-state index contributed by atoms with van der Waals surface area (Å²) in [5.74, 6) is -0.486. The molecule has 0 bridgehead atoms. The second kappa shape index (κ2) is 5.19. The van der Waals surface area contributed by atoms with Crippen LogP contribution in [0, 0.1) is 0 Å². The zero-order chi connectivity index (χ0) is 11.3. The molecular weight excluding hydrogens is 196 g/mol. The van der Waals surface area contributed by atoms with E-state index in [0.29, 0.717) is 6.61 Å². The van der Waals surface area contributed by atoms with Gasteiger partial charge in [-0.1, -0.05) is 6.08 Å². The number of nitrogens with zero attached hydrogens (tertiary/aromatic N) is 1. The van der Waals surface area contributed by atoms with Gasteiger partial charge in [0.25, 0.3) is 6.01 Å². The third-order valence-corrected chi connectivity index (χ3v) is 1.69. The van der Waals surface area contributed by atoms with Gasteiger partial charge in [0.1, 0.15) is 6.26 Å². The molecule has 1 aromatic rings. The van der Waals surface area contributed by atoms with Crippen molar-refractivity contribution in [3.05, 3.63) is 24.6 Å². The van der Waals surface area contributed by atoms with Gasteiger partial charge in [0.15, 0.2) is 5.69 Å². The van der Waals surface area contributed by atoms with E-state index in [0.717, 1.165) is 0 Å². The van der Waals surface area contributed by atoms with E-state index in [9.17, 15) is 4.79 Å². The zero-order valence-electron chi connectivity index (χ0n) is 8.82. The summed E-state index contributed by atoms with van der Waals surface area (Å²) in [7, 11) is 0. The van der Waals surface area contributed by atoms with Gasteiger partial charge in [0, 0.05) is 6.04 Å². The Morgan fingerprint density at radius 3 is 3.20 bits per heavy atom. The minimum absolute atomic E-state index is 0.0266. The van der Waals surface area contributed by atoms with E-state index in [4.69, 9.17) is 9.15 Å². The van der Waals surface area contributed by atoms with Crippen molar-refractivity contribution in [2.45, 2.75) is 19.9 Å². The van der Waals surface area contributed by atoms with Crippen LogP contribution in [-0.4, -0.2) is 23.6 Å². The summed E-state index contributed by atoms with van der Waals surface area (Å²) in [6, 6.07) is 0.309. The van der Waals surface area contributed by atoms with Crippen molar-refractivity contribution in [3.63, 3.8) is 0 Å². The summed E-state index contributed by atoms with van der Waals surface area (Å²) in [6.07, 6.45) is 2.96. The first-order chi connectivity index (χ1) is 7.17. The Morgan fingerprint density at radius 2 is 2.60 bits per heavy atom. The molecule has 1 N–H and O–H groups in total. The van der Waals surface area contributed by atoms with E-state index >= 15 is 0 Å². The fourth-order valence-electron chi connectivity index (χ4n) is 0.893. The maximum atomic E-state index is 11.2. The molecule has 0 fully saturated rings. The monoisotopic (exact) mass is 210 g/mol. The topological polar surface area (TPSA) is 64.4 Å². The smallest absolute Gasteiger partial charge is 0.360 e. The number of carbonyl (C=O) groups excluding carboxylic acids is 1. The molecule has 0 aliphatic heterocycles. The van der Waals surface area contributed by atoms with E-state index in [-0.39, 0.29) is 17.8 Å². The highest BCUT2D eigenvalue weighted by atomic mass is 16.5. The van der Waals surface area contributed by atoms with Crippen LogP contribution in [0.2, 0.25) is 0 Å². The van der Waals surface area contributed by atoms with Gasteiger partial charge in [0.2, 0.25) is 0 Å². The van der Waals surface area contributed by atoms with Crippen LogP contribution in [-0.2, 0) is 4.74 Å². The normalized spacial score (nSPS) is 11.9. The fourth-order valence-corrected chi connectivity index (χ4v) is 0.893. The van der Waals surface area contributed by atoms with Gasteiger partial charge < -0.3 is 14.5 Å². The lowest BCUT2D eigenvalue weighted by molar-refractivity contribution is 0.0519. The van der Waals surface area contributed by atoms with Crippen molar-refractivity contribution < 1.29 is 13.9 Å². The Kier molecular flexibility index (Phi) is 3.91. The second-order valence-corrected chi connectivity index (χ2v) is 2.93. The first-order valence-corrected chi connectivity index (χ1v) is 4.69. The minimum atomic E-state index is -0.486. The number of esters is 1. The molecule has 1 rings (SSSR count). The lowest BCUT2D eigenvalue weighted by Gasteiger charge is -2.04. The SMILES string of the molecule is C=CC(C)Nc1nc(C(=O)OCC)co1. The van der Waals surface area contributed by atoms with Gasteiger partial charge in [-0.3, -0.25) is 0 Å². The molecule has 82 valence electrons. The molecule has 0 spiro atoms. The highest BCUT2D eigenvalue weighted by molar-refractivity contribution is 5.87. The van der Waals surface area contributed by atoms with Gasteiger partial charge in [-0.05, 0) is 13.8 Å². The molecule has 0 aliphatic carbocycles. The standard InChI is InChI=1S/C10H14N2O3/c1-4-7(3)11-10-12-8(6-15-10)9(13)14-5-2/h4,6-7H,1,5H2,2-3H3,(H,11,12). The molecule has 0 amide bonds. The number of hydrogen-bond acceptors (Lipinski definition) is 5. The lowest BCUT2D eigenvalue weighted by atomic mass is 10.3. The van der Waals surface area contributed by atoms with Crippen molar-refractivity contribution in [1.82, 2.24) is 4.98 Å². The molecule has 5 heteroatoms. The number of hydrogen-bond donors (Lipinski definition) is 1. The van der Waals surface area contributed by atoms with Gasteiger partial charge in [-0.15, -0.1) is 6.58 Å². The molecule has 0 radical (unpaired) electrons. The first-order valence-electron chi connectivity index (χ1n) is 4.69. The summed E-state index contributed by atoms with van der Waals surface area (Å²) in [4.78, 5) is 15.1. The molecular formula is C10H14N2O3. The first kappa shape index (κ1) is 11.3. The Balaban J connectivity index is 2.63. The Bertz CT molecular complexity index is 346. The van der Waals surface area contributed by atoms with Crippen molar-refractivity contribution in [2.75, 3.05) is 11.9 Å². The number of oxazole rings is 1. The van der Waals surface area contributed by atoms with Crippen LogP contribution in [0.15, 0.2) is 23.3 Å². The number of anilines is 1.